The second-order valence-electron chi connectivity index (χ2n) is 7.04. The maximum atomic E-state index is 14.4. The first-order valence-electron chi connectivity index (χ1n) is 8.86. The van der Waals surface area contributed by atoms with Gasteiger partial charge in [-0.1, -0.05) is 12.1 Å². The number of hydrogen-bond donors (Lipinski definition) is 2. The van der Waals surface area contributed by atoms with Crippen molar-refractivity contribution in [1.29, 1.82) is 0 Å². The largest absolute Gasteiger partial charge is 0.374 e. The van der Waals surface area contributed by atoms with Crippen molar-refractivity contribution in [3.63, 3.8) is 0 Å². The number of nitrogens with zero attached hydrogens (tertiary/aromatic N) is 1. The van der Waals surface area contributed by atoms with Crippen LogP contribution in [-0.4, -0.2) is 25.0 Å². The number of carbonyl (C=O) groups is 1. The normalized spacial score (nSPS) is 12.0. The Labute approximate surface area is 155 Å². The van der Waals surface area contributed by atoms with Gasteiger partial charge >= 0.3 is 0 Å². The first-order valence-corrected chi connectivity index (χ1v) is 8.86. The van der Waals surface area contributed by atoms with E-state index in [1.165, 1.54) is 6.07 Å². The van der Waals surface area contributed by atoms with E-state index in [1.807, 2.05) is 57.8 Å². The molecular weight excluding hydrogens is 329 g/mol. The van der Waals surface area contributed by atoms with Crippen LogP contribution < -0.4 is 15.5 Å². The van der Waals surface area contributed by atoms with Crippen LogP contribution in [0.1, 0.15) is 31.9 Å². The molecule has 0 unspecified atom stereocenters. The molecule has 2 aromatic rings. The van der Waals surface area contributed by atoms with Crippen LogP contribution in [0.25, 0.3) is 0 Å². The van der Waals surface area contributed by atoms with Crippen LogP contribution in [0.4, 0.5) is 21.5 Å². The predicted molar refractivity (Wildman–Crippen MR) is 108 cm³/mol. The van der Waals surface area contributed by atoms with Crippen molar-refractivity contribution in [2.75, 3.05) is 22.6 Å². The fourth-order valence-corrected chi connectivity index (χ4v) is 2.59. The van der Waals surface area contributed by atoms with Gasteiger partial charge in [-0.3, -0.25) is 4.79 Å². The Morgan fingerprint density at radius 2 is 1.77 bits per heavy atom. The molecule has 0 bridgehead atoms. The standard InChI is InChI=1S/C21H28FN3O/c1-13(2)25(6)20-10-9-17(12-18(20)22)23-16(5)21(26)24-19-11-14(3)7-8-15(19)4/h7-13,16,23H,1-6H3,(H,24,26)/t16-/m1/s1. The highest BCUT2D eigenvalue weighted by molar-refractivity contribution is 5.96. The Morgan fingerprint density at radius 3 is 2.38 bits per heavy atom. The lowest BCUT2D eigenvalue weighted by Crippen LogP contribution is -2.32. The molecule has 0 heterocycles. The molecule has 0 aliphatic carbocycles. The lowest BCUT2D eigenvalue weighted by atomic mass is 10.1. The lowest BCUT2D eigenvalue weighted by molar-refractivity contribution is -0.116. The van der Waals surface area contributed by atoms with Crippen LogP contribution in [0.2, 0.25) is 0 Å². The molecule has 0 fully saturated rings. The number of hydrogen-bond acceptors (Lipinski definition) is 3. The van der Waals surface area contributed by atoms with E-state index in [0.717, 1.165) is 16.8 Å². The van der Waals surface area contributed by atoms with Crippen LogP contribution in [0.15, 0.2) is 36.4 Å². The van der Waals surface area contributed by atoms with E-state index in [1.54, 1.807) is 19.1 Å². The number of rotatable bonds is 6. The van der Waals surface area contributed by atoms with E-state index in [2.05, 4.69) is 10.6 Å². The Balaban J connectivity index is 2.07. The topological polar surface area (TPSA) is 44.4 Å². The second-order valence-corrected chi connectivity index (χ2v) is 7.04. The molecule has 0 aliphatic rings. The molecule has 0 aliphatic heterocycles. The van der Waals surface area contributed by atoms with Gasteiger partial charge in [0.2, 0.25) is 5.91 Å². The third-order valence-corrected chi connectivity index (χ3v) is 4.53. The van der Waals surface area contributed by atoms with E-state index in [4.69, 9.17) is 0 Å². The van der Waals surface area contributed by atoms with Gasteiger partial charge in [0.25, 0.3) is 0 Å². The summed E-state index contributed by atoms with van der Waals surface area (Å²) < 4.78 is 14.4. The molecule has 0 radical (unpaired) electrons. The highest BCUT2D eigenvalue weighted by atomic mass is 19.1. The van der Waals surface area contributed by atoms with Gasteiger partial charge in [-0.25, -0.2) is 4.39 Å². The minimum absolute atomic E-state index is 0.164. The highest BCUT2D eigenvalue weighted by Crippen LogP contribution is 2.24. The van der Waals surface area contributed by atoms with E-state index >= 15 is 0 Å². The molecule has 2 aromatic carbocycles. The van der Waals surface area contributed by atoms with Crippen LogP contribution in [0, 0.1) is 19.7 Å². The Bertz CT molecular complexity index is 789. The number of anilines is 3. The van der Waals surface area contributed by atoms with Crippen molar-refractivity contribution in [2.24, 2.45) is 0 Å². The first-order chi connectivity index (χ1) is 12.2. The van der Waals surface area contributed by atoms with Crippen molar-refractivity contribution in [2.45, 2.75) is 46.7 Å². The number of amides is 1. The summed E-state index contributed by atoms with van der Waals surface area (Å²) in [5.74, 6) is -0.476. The molecular formula is C21H28FN3O. The number of halogens is 1. The number of nitrogens with one attached hydrogen (secondary N) is 2. The summed E-state index contributed by atoms with van der Waals surface area (Å²) in [5.41, 5.74) is 4.00. The molecule has 0 spiro atoms. The summed E-state index contributed by atoms with van der Waals surface area (Å²) in [6.07, 6.45) is 0. The van der Waals surface area contributed by atoms with Crippen LogP contribution in [0.5, 0.6) is 0 Å². The zero-order chi connectivity index (χ0) is 19.4. The molecule has 5 heteroatoms. The van der Waals surface area contributed by atoms with Gasteiger partial charge in [0.1, 0.15) is 11.9 Å². The Hall–Kier alpha value is -2.56. The molecule has 0 aromatic heterocycles. The van der Waals surface area contributed by atoms with E-state index in [-0.39, 0.29) is 17.8 Å². The summed E-state index contributed by atoms with van der Waals surface area (Å²) in [6, 6.07) is 10.6. The van der Waals surface area contributed by atoms with Crippen molar-refractivity contribution >= 4 is 23.0 Å². The minimum Gasteiger partial charge on any atom is -0.374 e. The van der Waals surface area contributed by atoms with Crippen molar-refractivity contribution in [1.82, 2.24) is 0 Å². The molecule has 2 N–H and O–H groups in total. The predicted octanol–water partition coefficient (Wildman–Crippen LogP) is 4.73. The van der Waals surface area contributed by atoms with E-state index in [9.17, 15) is 9.18 Å². The Morgan fingerprint density at radius 1 is 1.08 bits per heavy atom. The average Bonchev–Trinajstić information content (AvgIpc) is 2.57. The summed E-state index contributed by atoms with van der Waals surface area (Å²) in [7, 11) is 1.86. The van der Waals surface area contributed by atoms with Crippen molar-refractivity contribution in [3.05, 3.63) is 53.3 Å². The summed E-state index contributed by atoms with van der Waals surface area (Å²) in [4.78, 5) is 14.3. The second kappa shape index (κ2) is 8.21. The van der Waals surface area contributed by atoms with Crippen molar-refractivity contribution in [3.8, 4) is 0 Å². The zero-order valence-electron chi connectivity index (χ0n) is 16.4. The average molecular weight is 357 g/mol. The molecule has 1 amide bonds. The van der Waals surface area contributed by atoms with Crippen LogP contribution in [-0.2, 0) is 4.79 Å². The number of benzene rings is 2. The van der Waals surface area contributed by atoms with Gasteiger partial charge < -0.3 is 15.5 Å². The molecule has 0 saturated heterocycles. The fraction of sp³-hybridized carbons (Fsp3) is 0.381. The smallest absolute Gasteiger partial charge is 0.246 e. The molecule has 0 saturated carbocycles. The summed E-state index contributed by atoms with van der Waals surface area (Å²) in [5, 5.41) is 5.99. The van der Waals surface area contributed by atoms with Gasteiger partial charge in [-0.15, -0.1) is 0 Å². The maximum absolute atomic E-state index is 14.4. The van der Waals surface area contributed by atoms with Gasteiger partial charge in [-0.2, -0.15) is 0 Å². The van der Waals surface area contributed by atoms with Gasteiger partial charge in [0, 0.05) is 24.5 Å². The number of carbonyl (C=O) groups excluding carboxylic acids is 1. The third-order valence-electron chi connectivity index (χ3n) is 4.53. The molecule has 4 nitrogen and oxygen atoms in total. The quantitative estimate of drug-likeness (QED) is 0.786. The van der Waals surface area contributed by atoms with E-state index < -0.39 is 6.04 Å². The van der Waals surface area contributed by atoms with Crippen molar-refractivity contribution < 1.29 is 9.18 Å². The highest BCUT2D eigenvalue weighted by Gasteiger charge is 2.16. The fourth-order valence-electron chi connectivity index (χ4n) is 2.59. The molecule has 140 valence electrons. The van der Waals surface area contributed by atoms with Crippen LogP contribution >= 0.6 is 0 Å². The monoisotopic (exact) mass is 357 g/mol. The number of aryl methyl sites for hydroxylation is 2. The lowest BCUT2D eigenvalue weighted by Gasteiger charge is -2.25. The Kier molecular flexibility index (Phi) is 6.24. The minimum atomic E-state index is -0.497. The van der Waals surface area contributed by atoms with Gasteiger partial charge in [0.05, 0.1) is 5.69 Å². The van der Waals surface area contributed by atoms with E-state index in [0.29, 0.717) is 11.4 Å². The maximum Gasteiger partial charge on any atom is 0.246 e. The van der Waals surface area contributed by atoms with Gasteiger partial charge in [-0.05, 0) is 70.0 Å². The zero-order valence-corrected chi connectivity index (χ0v) is 16.4. The SMILES string of the molecule is Cc1ccc(C)c(NC(=O)[C@@H](C)Nc2ccc(N(C)C(C)C)c(F)c2)c1. The summed E-state index contributed by atoms with van der Waals surface area (Å²) in [6.45, 7) is 9.70. The molecule has 26 heavy (non-hydrogen) atoms. The molecule has 1 atom stereocenters. The first kappa shape index (κ1) is 19.8. The summed E-state index contributed by atoms with van der Waals surface area (Å²) >= 11 is 0. The van der Waals surface area contributed by atoms with Crippen LogP contribution in [0.3, 0.4) is 0 Å². The third kappa shape index (κ3) is 4.75. The molecule has 2 rings (SSSR count). The van der Waals surface area contributed by atoms with Gasteiger partial charge in [0.15, 0.2) is 0 Å².